The van der Waals surface area contributed by atoms with E-state index in [1.807, 2.05) is 6.92 Å². The van der Waals surface area contributed by atoms with Crippen molar-refractivity contribution in [3.63, 3.8) is 0 Å². The summed E-state index contributed by atoms with van der Waals surface area (Å²) in [6, 6.07) is 0. The average Bonchev–Trinajstić information content (AvgIpc) is 2.20. The highest BCUT2D eigenvalue weighted by Crippen LogP contribution is 2.22. The van der Waals surface area contributed by atoms with E-state index in [1.54, 1.807) is 41.5 Å². The summed E-state index contributed by atoms with van der Waals surface area (Å²) in [5.41, 5.74) is -0.411. The molecule has 4 nitrogen and oxygen atoms in total. The van der Waals surface area contributed by atoms with Gasteiger partial charge in [0.15, 0.2) is 5.92 Å². The summed E-state index contributed by atoms with van der Waals surface area (Å²) in [6.45, 7) is 16.6. The SMILES string of the molecule is C=C(CCC)CC(C(=O)OC(C)(C)C)C(=O)OC(C)(C)C. The van der Waals surface area contributed by atoms with Crippen LogP contribution in [0.15, 0.2) is 12.2 Å². The highest BCUT2D eigenvalue weighted by Gasteiger charge is 2.34. The lowest BCUT2D eigenvalue weighted by molar-refractivity contribution is -0.174. The third-order valence-corrected chi connectivity index (χ3v) is 2.48. The summed E-state index contributed by atoms with van der Waals surface area (Å²) >= 11 is 0. The first-order valence-corrected chi connectivity index (χ1v) is 7.48. The minimum Gasteiger partial charge on any atom is -0.459 e. The zero-order valence-electron chi connectivity index (χ0n) is 14.5. The molecule has 0 N–H and O–H groups in total. The molecule has 0 spiro atoms. The van der Waals surface area contributed by atoms with Crippen molar-refractivity contribution in [1.82, 2.24) is 0 Å². The first-order valence-electron chi connectivity index (χ1n) is 7.48. The molecule has 0 amide bonds. The van der Waals surface area contributed by atoms with E-state index in [1.165, 1.54) is 0 Å². The molecule has 21 heavy (non-hydrogen) atoms. The monoisotopic (exact) mass is 298 g/mol. The Morgan fingerprint density at radius 1 is 0.952 bits per heavy atom. The maximum atomic E-state index is 12.3. The van der Waals surface area contributed by atoms with Crippen LogP contribution < -0.4 is 0 Å². The molecule has 0 aliphatic heterocycles. The van der Waals surface area contributed by atoms with Crippen LogP contribution in [0.1, 0.15) is 67.7 Å². The van der Waals surface area contributed by atoms with E-state index >= 15 is 0 Å². The average molecular weight is 298 g/mol. The molecule has 0 aliphatic rings. The second-order valence-electron chi connectivity index (χ2n) is 7.32. The number of carbonyl (C=O) groups is 2. The molecule has 0 rings (SSSR count). The Balaban J connectivity index is 5.04. The Bertz CT molecular complexity index is 355. The Labute approximate surface area is 128 Å². The molecule has 0 aromatic carbocycles. The van der Waals surface area contributed by atoms with Gasteiger partial charge in [-0.1, -0.05) is 25.5 Å². The lowest BCUT2D eigenvalue weighted by atomic mass is 9.97. The van der Waals surface area contributed by atoms with Crippen molar-refractivity contribution >= 4 is 11.9 Å². The number of hydrogen-bond acceptors (Lipinski definition) is 4. The number of carbonyl (C=O) groups excluding carboxylic acids is 2. The molecule has 0 saturated heterocycles. The molecule has 0 aromatic heterocycles. The Kier molecular flexibility index (Phi) is 7.14. The van der Waals surface area contributed by atoms with Gasteiger partial charge in [-0.05, 0) is 54.4 Å². The van der Waals surface area contributed by atoms with E-state index in [0.717, 1.165) is 18.4 Å². The van der Waals surface area contributed by atoms with Gasteiger partial charge in [0.25, 0.3) is 0 Å². The second kappa shape index (κ2) is 7.62. The predicted molar refractivity (Wildman–Crippen MR) is 83.8 cm³/mol. The van der Waals surface area contributed by atoms with E-state index in [4.69, 9.17) is 9.47 Å². The second-order valence-corrected chi connectivity index (χ2v) is 7.32. The van der Waals surface area contributed by atoms with Crippen LogP contribution >= 0.6 is 0 Å². The fraction of sp³-hybridized carbons (Fsp3) is 0.765. The first-order chi connectivity index (χ1) is 9.35. The summed E-state index contributed by atoms with van der Waals surface area (Å²) < 4.78 is 10.7. The molecule has 0 radical (unpaired) electrons. The van der Waals surface area contributed by atoms with Crippen LogP contribution in [0.4, 0.5) is 0 Å². The van der Waals surface area contributed by atoms with E-state index in [9.17, 15) is 9.59 Å². The van der Waals surface area contributed by atoms with Crippen LogP contribution in [0.2, 0.25) is 0 Å². The van der Waals surface area contributed by atoms with Gasteiger partial charge in [-0.25, -0.2) is 0 Å². The highest BCUT2D eigenvalue weighted by atomic mass is 16.6. The van der Waals surface area contributed by atoms with Gasteiger partial charge in [0.05, 0.1) is 0 Å². The summed E-state index contributed by atoms with van der Waals surface area (Å²) in [5, 5.41) is 0. The topological polar surface area (TPSA) is 52.6 Å². The summed E-state index contributed by atoms with van der Waals surface area (Å²) in [5.74, 6) is -2.04. The maximum Gasteiger partial charge on any atom is 0.321 e. The van der Waals surface area contributed by atoms with Gasteiger partial charge >= 0.3 is 11.9 Å². The molecule has 122 valence electrons. The van der Waals surface area contributed by atoms with E-state index in [2.05, 4.69) is 6.58 Å². The third-order valence-electron chi connectivity index (χ3n) is 2.48. The van der Waals surface area contributed by atoms with Crippen LogP contribution in [0.3, 0.4) is 0 Å². The Hall–Kier alpha value is -1.32. The largest absolute Gasteiger partial charge is 0.459 e. The van der Waals surface area contributed by atoms with Gasteiger partial charge in [0, 0.05) is 0 Å². The predicted octanol–water partition coefficient (Wildman–Crippen LogP) is 4.03. The lowest BCUT2D eigenvalue weighted by Crippen LogP contribution is -2.37. The number of allylic oxidation sites excluding steroid dienone is 1. The van der Waals surface area contributed by atoms with E-state index < -0.39 is 29.1 Å². The smallest absolute Gasteiger partial charge is 0.321 e. The van der Waals surface area contributed by atoms with Gasteiger partial charge in [0.1, 0.15) is 11.2 Å². The van der Waals surface area contributed by atoms with Crippen LogP contribution in [0.5, 0.6) is 0 Å². The first kappa shape index (κ1) is 19.7. The lowest BCUT2D eigenvalue weighted by Gasteiger charge is -2.26. The van der Waals surface area contributed by atoms with Gasteiger partial charge in [-0.15, -0.1) is 0 Å². The van der Waals surface area contributed by atoms with Gasteiger partial charge < -0.3 is 9.47 Å². The van der Waals surface area contributed by atoms with Crippen molar-refractivity contribution in [2.45, 2.75) is 78.9 Å². The quantitative estimate of drug-likeness (QED) is 0.422. The molecule has 0 saturated carbocycles. The van der Waals surface area contributed by atoms with Crippen molar-refractivity contribution < 1.29 is 19.1 Å². The maximum absolute atomic E-state index is 12.3. The Morgan fingerprint density at radius 3 is 1.62 bits per heavy atom. The fourth-order valence-electron chi connectivity index (χ4n) is 1.75. The fourth-order valence-corrected chi connectivity index (χ4v) is 1.75. The molecular weight excluding hydrogens is 268 g/mol. The molecule has 0 fully saturated rings. The minimum absolute atomic E-state index is 0.275. The van der Waals surface area contributed by atoms with Crippen molar-refractivity contribution in [1.29, 1.82) is 0 Å². The molecule has 4 heteroatoms. The number of hydrogen-bond donors (Lipinski definition) is 0. The van der Waals surface area contributed by atoms with Crippen molar-refractivity contribution in [3.05, 3.63) is 12.2 Å². The van der Waals surface area contributed by atoms with E-state index in [0.29, 0.717) is 0 Å². The molecule has 0 bridgehead atoms. The highest BCUT2D eigenvalue weighted by molar-refractivity contribution is 5.95. The zero-order chi connectivity index (χ0) is 16.8. The van der Waals surface area contributed by atoms with Crippen LogP contribution in [0, 0.1) is 5.92 Å². The standard InChI is InChI=1S/C17H30O4/c1-9-10-12(2)11-13(14(18)20-16(3,4)5)15(19)21-17(6,7)8/h13H,2,9-11H2,1,3-8H3. The molecule has 0 aromatic rings. The van der Waals surface area contributed by atoms with Gasteiger partial charge in [0.2, 0.25) is 0 Å². The van der Waals surface area contributed by atoms with Crippen LogP contribution in [0.25, 0.3) is 0 Å². The Morgan fingerprint density at radius 2 is 1.33 bits per heavy atom. The number of rotatable bonds is 6. The zero-order valence-corrected chi connectivity index (χ0v) is 14.5. The molecular formula is C17H30O4. The van der Waals surface area contributed by atoms with E-state index in [-0.39, 0.29) is 6.42 Å². The van der Waals surface area contributed by atoms with Crippen molar-refractivity contribution in [2.75, 3.05) is 0 Å². The number of esters is 2. The van der Waals surface area contributed by atoms with Crippen LogP contribution in [-0.2, 0) is 19.1 Å². The summed E-state index contributed by atoms with van der Waals surface area (Å²) in [4.78, 5) is 24.5. The summed E-state index contributed by atoms with van der Waals surface area (Å²) in [6.07, 6.45) is 1.98. The molecule has 0 aliphatic carbocycles. The van der Waals surface area contributed by atoms with Crippen molar-refractivity contribution in [2.24, 2.45) is 5.92 Å². The number of ether oxygens (including phenoxy) is 2. The van der Waals surface area contributed by atoms with Gasteiger partial charge in [-0.3, -0.25) is 9.59 Å². The third kappa shape index (κ3) is 9.27. The molecule has 0 heterocycles. The molecule has 0 unspecified atom stereocenters. The summed E-state index contributed by atoms with van der Waals surface area (Å²) in [7, 11) is 0. The van der Waals surface area contributed by atoms with Gasteiger partial charge in [-0.2, -0.15) is 0 Å². The minimum atomic E-state index is -0.942. The molecule has 0 atom stereocenters. The van der Waals surface area contributed by atoms with Crippen LogP contribution in [-0.4, -0.2) is 23.1 Å². The van der Waals surface area contributed by atoms with Crippen molar-refractivity contribution in [3.8, 4) is 0 Å². The normalized spacial score (nSPS) is 12.2.